The van der Waals surface area contributed by atoms with Gasteiger partial charge in [-0.05, 0) is 39.9 Å². The lowest BCUT2D eigenvalue weighted by atomic mass is 9.98. The van der Waals surface area contributed by atoms with Crippen LogP contribution in [0.25, 0.3) is 53.6 Å². The Kier molecular flexibility index (Phi) is 4.37. The summed E-state index contributed by atoms with van der Waals surface area (Å²) in [4.78, 5) is 4.28. The van der Waals surface area contributed by atoms with Gasteiger partial charge in [0.15, 0.2) is 0 Å². The van der Waals surface area contributed by atoms with Gasteiger partial charge in [0.1, 0.15) is 0 Å². The maximum Gasteiger partial charge on any atom is 0.0434 e. The van der Waals surface area contributed by atoms with E-state index >= 15 is 0 Å². The lowest BCUT2D eigenvalue weighted by Crippen LogP contribution is -1.82. The molecular formula is C29H19NS. The van der Waals surface area contributed by atoms with Crippen molar-refractivity contribution in [1.29, 1.82) is 0 Å². The van der Waals surface area contributed by atoms with Gasteiger partial charge in [0.2, 0.25) is 0 Å². The molecule has 0 atom stereocenters. The van der Waals surface area contributed by atoms with Crippen molar-refractivity contribution in [2.45, 2.75) is 0 Å². The minimum Gasteiger partial charge on any atom is -0.264 e. The van der Waals surface area contributed by atoms with Crippen molar-refractivity contribution in [3.8, 4) is 33.4 Å². The highest BCUT2D eigenvalue weighted by atomic mass is 32.1. The molecule has 31 heavy (non-hydrogen) atoms. The lowest BCUT2D eigenvalue weighted by Gasteiger charge is -2.07. The number of fused-ring (bicyclic) bond motifs is 3. The van der Waals surface area contributed by atoms with Gasteiger partial charge in [0, 0.05) is 38.1 Å². The van der Waals surface area contributed by atoms with E-state index < -0.39 is 0 Å². The van der Waals surface area contributed by atoms with Gasteiger partial charge in [0.05, 0.1) is 0 Å². The fourth-order valence-corrected chi connectivity index (χ4v) is 5.66. The van der Waals surface area contributed by atoms with Crippen molar-refractivity contribution in [3.63, 3.8) is 0 Å². The smallest absolute Gasteiger partial charge is 0.0434 e. The van der Waals surface area contributed by atoms with Gasteiger partial charge in [-0.2, -0.15) is 0 Å². The summed E-state index contributed by atoms with van der Waals surface area (Å²) < 4.78 is 2.68. The molecule has 0 fully saturated rings. The number of hydrogen-bond donors (Lipinski definition) is 0. The minimum absolute atomic E-state index is 1.14. The summed E-state index contributed by atoms with van der Waals surface area (Å²) in [6.45, 7) is 0. The van der Waals surface area contributed by atoms with Gasteiger partial charge >= 0.3 is 0 Å². The summed E-state index contributed by atoms with van der Waals surface area (Å²) in [7, 11) is 0. The first-order chi connectivity index (χ1) is 15.4. The Morgan fingerprint density at radius 1 is 0.484 bits per heavy atom. The van der Waals surface area contributed by atoms with Crippen LogP contribution in [0.4, 0.5) is 0 Å². The summed E-state index contributed by atoms with van der Waals surface area (Å²) in [5, 5.41) is 2.65. The second-order valence-corrected chi connectivity index (χ2v) is 8.68. The van der Waals surface area contributed by atoms with E-state index in [0.717, 1.165) is 5.56 Å². The van der Waals surface area contributed by atoms with Crippen molar-refractivity contribution in [2.75, 3.05) is 0 Å². The van der Waals surface area contributed by atoms with Gasteiger partial charge in [-0.1, -0.05) is 91.0 Å². The third-order valence-corrected chi connectivity index (χ3v) is 7.07. The van der Waals surface area contributed by atoms with E-state index in [-0.39, 0.29) is 0 Å². The Morgan fingerprint density at radius 3 is 1.81 bits per heavy atom. The molecular weight excluding hydrogens is 394 g/mol. The fraction of sp³-hybridized carbons (Fsp3) is 0. The quantitative estimate of drug-likeness (QED) is 0.283. The van der Waals surface area contributed by atoms with Crippen LogP contribution in [-0.4, -0.2) is 4.98 Å². The second kappa shape index (κ2) is 7.50. The highest BCUT2D eigenvalue weighted by molar-refractivity contribution is 7.26. The molecule has 0 radical (unpaired) electrons. The predicted octanol–water partition coefficient (Wildman–Crippen LogP) is 8.45. The van der Waals surface area contributed by atoms with Crippen LogP contribution in [0.2, 0.25) is 0 Å². The largest absolute Gasteiger partial charge is 0.264 e. The van der Waals surface area contributed by atoms with Gasteiger partial charge in [-0.25, -0.2) is 0 Å². The molecule has 2 heteroatoms. The molecule has 1 nitrogen and oxygen atoms in total. The Balaban J connectivity index is 1.58. The predicted molar refractivity (Wildman–Crippen MR) is 133 cm³/mol. The number of aromatic nitrogens is 1. The van der Waals surface area contributed by atoms with Crippen LogP contribution in [0.1, 0.15) is 0 Å². The van der Waals surface area contributed by atoms with E-state index in [0.29, 0.717) is 0 Å². The molecule has 0 amide bonds. The van der Waals surface area contributed by atoms with E-state index in [1.54, 1.807) is 0 Å². The Hall–Kier alpha value is -3.75. The van der Waals surface area contributed by atoms with Crippen LogP contribution in [0.5, 0.6) is 0 Å². The first-order valence-electron chi connectivity index (χ1n) is 10.4. The van der Waals surface area contributed by atoms with Crippen molar-refractivity contribution < 1.29 is 0 Å². The maximum absolute atomic E-state index is 4.28. The van der Waals surface area contributed by atoms with E-state index in [1.807, 2.05) is 29.8 Å². The van der Waals surface area contributed by atoms with Crippen LogP contribution in [0.15, 0.2) is 116 Å². The maximum atomic E-state index is 4.28. The number of hydrogen-bond acceptors (Lipinski definition) is 2. The highest BCUT2D eigenvalue weighted by Crippen LogP contribution is 2.43. The third-order valence-electron chi connectivity index (χ3n) is 5.78. The molecule has 2 aromatic heterocycles. The van der Waals surface area contributed by atoms with Crippen molar-refractivity contribution in [2.24, 2.45) is 0 Å². The van der Waals surface area contributed by atoms with Gasteiger partial charge in [0.25, 0.3) is 0 Å². The van der Waals surface area contributed by atoms with Crippen molar-refractivity contribution in [1.82, 2.24) is 4.98 Å². The summed E-state index contributed by atoms with van der Waals surface area (Å²) in [6, 6.07) is 36.8. The van der Waals surface area contributed by atoms with Crippen LogP contribution in [-0.2, 0) is 0 Å². The van der Waals surface area contributed by atoms with Crippen LogP contribution in [0.3, 0.4) is 0 Å². The van der Waals surface area contributed by atoms with Crippen molar-refractivity contribution in [3.05, 3.63) is 116 Å². The summed E-state index contributed by atoms with van der Waals surface area (Å²) >= 11 is 1.89. The van der Waals surface area contributed by atoms with Gasteiger partial charge in [-0.15, -0.1) is 11.3 Å². The molecule has 2 heterocycles. The first-order valence-corrected chi connectivity index (χ1v) is 11.2. The van der Waals surface area contributed by atoms with E-state index in [1.165, 1.54) is 48.0 Å². The van der Waals surface area contributed by atoms with E-state index in [9.17, 15) is 0 Å². The highest BCUT2D eigenvalue weighted by Gasteiger charge is 2.14. The minimum atomic E-state index is 1.14. The Morgan fingerprint density at radius 2 is 1.10 bits per heavy atom. The van der Waals surface area contributed by atoms with Gasteiger partial charge < -0.3 is 0 Å². The standard InChI is InChI=1S/C29H19NS/c1-2-8-20(9-3-1)24-13-5-15-26-27-16-6-14-25(29(27)31-28(24)26)22-11-4-10-21(18-22)23-12-7-17-30-19-23/h1-19H. The topological polar surface area (TPSA) is 12.9 Å². The van der Waals surface area contributed by atoms with Crippen LogP contribution >= 0.6 is 11.3 Å². The normalized spacial score (nSPS) is 11.2. The number of rotatable bonds is 3. The summed E-state index contributed by atoms with van der Waals surface area (Å²) in [5.74, 6) is 0. The number of thiophene rings is 1. The zero-order valence-corrected chi connectivity index (χ0v) is 17.6. The SMILES string of the molecule is c1ccc(-c2cccc3c2sc2c(-c4cccc(-c5cccnc5)c4)cccc23)cc1. The Bertz CT molecular complexity index is 1510. The second-order valence-electron chi connectivity index (χ2n) is 7.66. The number of pyridine rings is 1. The van der Waals surface area contributed by atoms with Gasteiger partial charge in [-0.3, -0.25) is 4.98 Å². The molecule has 0 saturated heterocycles. The molecule has 0 aliphatic carbocycles. The molecule has 6 rings (SSSR count). The molecule has 0 bridgehead atoms. The zero-order valence-electron chi connectivity index (χ0n) is 16.8. The average molecular weight is 414 g/mol. The first kappa shape index (κ1) is 18.1. The van der Waals surface area contributed by atoms with E-state index in [4.69, 9.17) is 0 Å². The summed E-state index contributed by atoms with van der Waals surface area (Å²) in [6.07, 6.45) is 3.74. The third kappa shape index (κ3) is 3.13. The zero-order chi connectivity index (χ0) is 20.6. The molecule has 4 aromatic carbocycles. The fourth-order valence-electron chi connectivity index (χ4n) is 4.29. The van der Waals surface area contributed by atoms with E-state index in [2.05, 4.69) is 102 Å². The molecule has 0 N–H and O–H groups in total. The van der Waals surface area contributed by atoms with Crippen molar-refractivity contribution >= 4 is 31.5 Å². The molecule has 146 valence electrons. The molecule has 0 spiro atoms. The monoisotopic (exact) mass is 413 g/mol. The number of benzene rings is 4. The van der Waals surface area contributed by atoms with Crippen LogP contribution in [0, 0.1) is 0 Å². The number of nitrogens with zero attached hydrogens (tertiary/aromatic N) is 1. The average Bonchev–Trinajstić information content (AvgIpc) is 3.24. The van der Waals surface area contributed by atoms with Crippen LogP contribution < -0.4 is 0 Å². The lowest BCUT2D eigenvalue weighted by molar-refractivity contribution is 1.33. The summed E-state index contributed by atoms with van der Waals surface area (Å²) in [5.41, 5.74) is 7.41. The molecule has 0 saturated carbocycles. The molecule has 0 aliphatic heterocycles. The molecule has 0 aliphatic rings. The Labute approximate surface area is 185 Å². The molecule has 0 unspecified atom stereocenters. The molecule has 6 aromatic rings.